The highest BCUT2D eigenvalue weighted by atomic mass is 32.1. The van der Waals surface area contributed by atoms with Gasteiger partial charge in [0.2, 0.25) is 5.91 Å². The quantitative estimate of drug-likeness (QED) is 0.622. The molecule has 0 saturated carbocycles. The van der Waals surface area contributed by atoms with E-state index in [0.717, 1.165) is 41.7 Å². The van der Waals surface area contributed by atoms with Gasteiger partial charge < -0.3 is 14.5 Å². The SMILES string of the molecule is CC1CN(Cc2ccccc2CNC(=O)Cc2csc(-c3ccco3)n2)CC(C)O1. The van der Waals surface area contributed by atoms with Crippen molar-refractivity contribution in [3.8, 4) is 10.8 Å². The Hall–Kier alpha value is -2.48. The third-order valence-corrected chi connectivity index (χ3v) is 6.01. The Labute approximate surface area is 180 Å². The van der Waals surface area contributed by atoms with Crippen LogP contribution < -0.4 is 5.32 Å². The maximum absolute atomic E-state index is 12.5. The highest BCUT2D eigenvalue weighted by Crippen LogP contribution is 2.24. The van der Waals surface area contributed by atoms with E-state index in [1.165, 1.54) is 16.9 Å². The number of nitrogens with zero attached hydrogens (tertiary/aromatic N) is 2. The van der Waals surface area contributed by atoms with Crippen molar-refractivity contribution in [2.45, 2.75) is 45.6 Å². The summed E-state index contributed by atoms with van der Waals surface area (Å²) in [5.74, 6) is 0.696. The van der Waals surface area contributed by atoms with E-state index < -0.39 is 0 Å². The van der Waals surface area contributed by atoms with Crippen molar-refractivity contribution in [2.75, 3.05) is 13.1 Å². The number of hydrogen-bond donors (Lipinski definition) is 1. The van der Waals surface area contributed by atoms with Gasteiger partial charge in [-0.1, -0.05) is 24.3 Å². The summed E-state index contributed by atoms with van der Waals surface area (Å²) >= 11 is 1.49. The average Bonchev–Trinajstić information content (AvgIpc) is 3.38. The fraction of sp³-hybridized carbons (Fsp3) is 0.391. The van der Waals surface area contributed by atoms with E-state index >= 15 is 0 Å². The van der Waals surface area contributed by atoms with Crippen molar-refractivity contribution in [1.29, 1.82) is 0 Å². The minimum Gasteiger partial charge on any atom is -0.462 e. The van der Waals surface area contributed by atoms with Crippen molar-refractivity contribution >= 4 is 17.2 Å². The molecule has 1 N–H and O–H groups in total. The fourth-order valence-corrected chi connectivity index (χ4v) is 4.65. The Morgan fingerprint density at radius 1 is 1.17 bits per heavy atom. The van der Waals surface area contributed by atoms with Gasteiger partial charge in [0.1, 0.15) is 0 Å². The molecule has 1 aromatic carbocycles. The lowest BCUT2D eigenvalue weighted by molar-refractivity contribution is -0.120. The molecule has 7 heteroatoms. The molecular formula is C23H27N3O3S. The van der Waals surface area contributed by atoms with Gasteiger partial charge >= 0.3 is 0 Å². The summed E-state index contributed by atoms with van der Waals surface area (Å²) in [4.78, 5) is 19.4. The highest BCUT2D eigenvalue weighted by Gasteiger charge is 2.22. The molecule has 1 aliphatic rings. The Balaban J connectivity index is 1.33. The minimum atomic E-state index is -0.0327. The summed E-state index contributed by atoms with van der Waals surface area (Å²) in [5.41, 5.74) is 3.15. The number of rotatable bonds is 7. The smallest absolute Gasteiger partial charge is 0.226 e. The van der Waals surface area contributed by atoms with Gasteiger partial charge in [-0.2, -0.15) is 0 Å². The number of carbonyl (C=O) groups excluding carboxylic acids is 1. The topological polar surface area (TPSA) is 67.6 Å². The molecule has 2 aromatic heterocycles. The molecule has 0 spiro atoms. The highest BCUT2D eigenvalue weighted by molar-refractivity contribution is 7.13. The van der Waals surface area contributed by atoms with Crippen molar-refractivity contribution in [2.24, 2.45) is 0 Å². The van der Waals surface area contributed by atoms with Crippen molar-refractivity contribution in [1.82, 2.24) is 15.2 Å². The van der Waals surface area contributed by atoms with Crippen LogP contribution in [0.25, 0.3) is 10.8 Å². The third-order valence-electron chi connectivity index (χ3n) is 5.11. The molecule has 3 aromatic rings. The van der Waals surface area contributed by atoms with E-state index in [2.05, 4.69) is 47.2 Å². The summed E-state index contributed by atoms with van der Waals surface area (Å²) in [7, 11) is 0. The minimum absolute atomic E-state index is 0.0327. The third kappa shape index (κ3) is 5.36. The number of aromatic nitrogens is 1. The number of nitrogens with one attached hydrogen (secondary N) is 1. The van der Waals surface area contributed by atoms with Crippen LogP contribution in [0.2, 0.25) is 0 Å². The van der Waals surface area contributed by atoms with E-state index in [1.54, 1.807) is 6.26 Å². The van der Waals surface area contributed by atoms with Crippen LogP contribution in [0.5, 0.6) is 0 Å². The van der Waals surface area contributed by atoms with Gasteiger partial charge in [0.05, 0.1) is 30.6 Å². The first-order chi connectivity index (χ1) is 14.6. The van der Waals surface area contributed by atoms with Gasteiger partial charge in [-0.05, 0) is 37.1 Å². The molecule has 4 rings (SSSR count). The predicted octanol–water partition coefficient (Wildman–Crippen LogP) is 3.87. The second-order valence-electron chi connectivity index (χ2n) is 7.79. The van der Waals surface area contributed by atoms with Gasteiger partial charge in [-0.3, -0.25) is 9.69 Å². The lowest BCUT2D eigenvalue weighted by atomic mass is 10.1. The van der Waals surface area contributed by atoms with Gasteiger partial charge in [-0.15, -0.1) is 11.3 Å². The van der Waals surface area contributed by atoms with Gasteiger partial charge in [0.15, 0.2) is 10.8 Å². The number of amides is 1. The molecular weight excluding hydrogens is 398 g/mol. The van der Waals surface area contributed by atoms with E-state index in [9.17, 15) is 4.79 Å². The lowest BCUT2D eigenvalue weighted by Gasteiger charge is -2.35. The molecule has 0 aliphatic carbocycles. The first-order valence-electron chi connectivity index (χ1n) is 10.3. The zero-order chi connectivity index (χ0) is 20.9. The molecule has 0 bridgehead atoms. The molecule has 1 saturated heterocycles. The van der Waals surface area contributed by atoms with Crippen molar-refractivity contribution in [3.05, 3.63) is 64.9 Å². The molecule has 158 valence electrons. The van der Waals surface area contributed by atoms with Crippen LogP contribution in [0.15, 0.2) is 52.5 Å². The Bertz CT molecular complexity index is 960. The number of morpholine rings is 1. The Morgan fingerprint density at radius 2 is 1.93 bits per heavy atom. The van der Waals surface area contributed by atoms with Crippen LogP contribution in [0.1, 0.15) is 30.7 Å². The van der Waals surface area contributed by atoms with Gasteiger partial charge in [-0.25, -0.2) is 4.98 Å². The van der Waals surface area contributed by atoms with E-state index in [0.29, 0.717) is 6.54 Å². The second kappa shape index (κ2) is 9.55. The molecule has 1 aliphatic heterocycles. The number of hydrogen-bond acceptors (Lipinski definition) is 6. The van der Waals surface area contributed by atoms with E-state index in [1.807, 2.05) is 23.6 Å². The number of ether oxygens (including phenoxy) is 1. The fourth-order valence-electron chi connectivity index (χ4n) is 3.86. The first kappa shape index (κ1) is 20.8. The van der Waals surface area contributed by atoms with Crippen molar-refractivity contribution < 1.29 is 13.9 Å². The largest absolute Gasteiger partial charge is 0.462 e. The average molecular weight is 426 g/mol. The standard InChI is InChI=1S/C23H27N3O3S/c1-16-12-26(13-17(2)29-16)14-19-7-4-3-6-18(19)11-24-22(27)10-20-15-30-23(25-20)21-8-5-9-28-21/h3-9,15-17H,10-14H2,1-2H3,(H,24,27). The predicted molar refractivity (Wildman–Crippen MR) is 117 cm³/mol. The second-order valence-corrected chi connectivity index (χ2v) is 8.65. The van der Waals surface area contributed by atoms with Crippen LogP contribution in [0, 0.1) is 0 Å². The number of benzene rings is 1. The molecule has 0 radical (unpaired) electrons. The van der Waals surface area contributed by atoms with Crippen LogP contribution >= 0.6 is 11.3 Å². The normalized spacial score (nSPS) is 19.7. The van der Waals surface area contributed by atoms with E-state index in [-0.39, 0.29) is 24.5 Å². The molecule has 3 heterocycles. The Morgan fingerprint density at radius 3 is 2.67 bits per heavy atom. The van der Waals surface area contributed by atoms with E-state index in [4.69, 9.17) is 9.15 Å². The maximum Gasteiger partial charge on any atom is 0.226 e. The summed E-state index contributed by atoms with van der Waals surface area (Å²) in [6, 6.07) is 12.0. The summed E-state index contributed by atoms with van der Waals surface area (Å²) in [6.07, 6.45) is 2.37. The van der Waals surface area contributed by atoms with Crippen LogP contribution in [-0.4, -0.2) is 41.1 Å². The summed E-state index contributed by atoms with van der Waals surface area (Å²) in [6.45, 7) is 7.46. The Kier molecular flexibility index (Phi) is 6.62. The molecule has 2 atom stereocenters. The molecule has 2 unspecified atom stereocenters. The molecule has 30 heavy (non-hydrogen) atoms. The van der Waals surface area contributed by atoms with Gasteiger partial charge in [0.25, 0.3) is 0 Å². The zero-order valence-electron chi connectivity index (χ0n) is 17.3. The number of thiazole rings is 1. The molecule has 1 amide bonds. The van der Waals surface area contributed by atoms with Crippen molar-refractivity contribution in [3.63, 3.8) is 0 Å². The molecule has 6 nitrogen and oxygen atoms in total. The van der Waals surface area contributed by atoms with Gasteiger partial charge in [0, 0.05) is 31.6 Å². The number of furan rings is 1. The zero-order valence-corrected chi connectivity index (χ0v) is 18.2. The molecule has 1 fully saturated rings. The summed E-state index contributed by atoms with van der Waals surface area (Å²) in [5, 5.41) is 5.75. The van der Waals surface area contributed by atoms with Crippen LogP contribution in [0.4, 0.5) is 0 Å². The van der Waals surface area contributed by atoms with Crippen LogP contribution in [0.3, 0.4) is 0 Å². The lowest BCUT2D eigenvalue weighted by Crippen LogP contribution is -2.45. The first-order valence-corrected chi connectivity index (χ1v) is 11.1. The maximum atomic E-state index is 12.5. The summed E-state index contributed by atoms with van der Waals surface area (Å²) < 4.78 is 11.2. The van der Waals surface area contributed by atoms with Crippen LogP contribution in [-0.2, 0) is 29.0 Å². The monoisotopic (exact) mass is 425 g/mol. The number of carbonyl (C=O) groups is 1.